The summed E-state index contributed by atoms with van der Waals surface area (Å²) in [5.41, 5.74) is -0.0104. The molecule has 2 saturated carbocycles. The number of likely N-dealkylation sites (N-methyl/N-ethyl adjacent to an activating group) is 1. The van der Waals surface area contributed by atoms with Crippen molar-refractivity contribution < 1.29 is 9.59 Å². The maximum atomic E-state index is 13.4. The predicted molar refractivity (Wildman–Crippen MR) is 99.8 cm³/mol. The molecule has 0 atom stereocenters. The van der Waals surface area contributed by atoms with Gasteiger partial charge in [0.15, 0.2) is 0 Å². The third-order valence-corrected chi connectivity index (χ3v) is 6.76. The molecule has 2 heterocycles. The Labute approximate surface area is 153 Å². The topological polar surface area (TPSA) is 53.5 Å². The Balaban J connectivity index is 1.54. The zero-order valence-corrected chi connectivity index (χ0v) is 15.0. The van der Waals surface area contributed by atoms with Crippen LogP contribution in [0.2, 0.25) is 0 Å². The lowest BCUT2D eigenvalue weighted by Gasteiger charge is -2.52. The molecule has 1 aromatic heterocycles. The van der Waals surface area contributed by atoms with E-state index in [2.05, 4.69) is 4.98 Å². The fourth-order valence-electron chi connectivity index (χ4n) is 5.09. The first-order valence-corrected chi connectivity index (χ1v) is 9.64. The van der Waals surface area contributed by atoms with E-state index in [0.717, 1.165) is 29.5 Å². The van der Waals surface area contributed by atoms with Crippen LogP contribution in [0.25, 0.3) is 10.8 Å². The second kappa shape index (κ2) is 5.53. The molecule has 3 aliphatic rings. The Bertz CT molecular complexity index is 894. The van der Waals surface area contributed by atoms with E-state index in [-0.39, 0.29) is 11.9 Å². The highest BCUT2D eigenvalue weighted by atomic mass is 16.2. The van der Waals surface area contributed by atoms with Gasteiger partial charge in [-0.2, -0.15) is 0 Å². The van der Waals surface area contributed by atoms with Gasteiger partial charge >= 0.3 is 6.03 Å². The minimum absolute atomic E-state index is 0.0573. The van der Waals surface area contributed by atoms with E-state index < -0.39 is 5.54 Å². The molecular formula is C21H23N3O2. The van der Waals surface area contributed by atoms with Crippen LogP contribution in [0.5, 0.6) is 0 Å². The fourth-order valence-corrected chi connectivity index (χ4v) is 5.09. The summed E-state index contributed by atoms with van der Waals surface area (Å²) in [5.74, 6) is 1.30. The standard InChI is InChI=1S/C21H23N3O2/c1-2-23-20(26)24(18-13-22-12-15-6-3-4-9-17(15)18)19(25)21(23)10-16(11-21)14-7-5-8-14/h3-4,6,9,12-14,16H,2,5,7-8,10-11H2,1H3. The molecule has 2 aromatic rings. The predicted octanol–water partition coefficient (Wildman–Crippen LogP) is 3.97. The van der Waals surface area contributed by atoms with Crippen LogP contribution in [0.15, 0.2) is 36.7 Å². The number of benzene rings is 1. The molecule has 5 nitrogen and oxygen atoms in total. The molecule has 5 rings (SSSR count). The van der Waals surface area contributed by atoms with Crippen LogP contribution in [-0.2, 0) is 4.79 Å². The summed E-state index contributed by atoms with van der Waals surface area (Å²) in [6.07, 6.45) is 8.94. The van der Waals surface area contributed by atoms with Crippen molar-refractivity contribution in [3.8, 4) is 0 Å². The van der Waals surface area contributed by atoms with Crippen LogP contribution in [0.3, 0.4) is 0 Å². The molecule has 3 amide bonds. The number of rotatable bonds is 3. The summed E-state index contributed by atoms with van der Waals surface area (Å²) in [6.45, 7) is 2.53. The Morgan fingerprint density at radius 1 is 1.12 bits per heavy atom. The summed E-state index contributed by atoms with van der Waals surface area (Å²) in [4.78, 5) is 34.1. The molecule has 0 N–H and O–H groups in total. The van der Waals surface area contributed by atoms with E-state index >= 15 is 0 Å². The summed E-state index contributed by atoms with van der Waals surface area (Å²) < 4.78 is 0. The lowest BCUT2D eigenvalue weighted by atomic mass is 9.58. The summed E-state index contributed by atoms with van der Waals surface area (Å²) in [6, 6.07) is 7.59. The molecule has 0 radical (unpaired) electrons. The quantitative estimate of drug-likeness (QED) is 0.788. The van der Waals surface area contributed by atoms with Crippen LogP contribution in [-0.4, -0.2) is 33.9 Å². The molecule has 134 valence electrons. The lowest BCUT2D eigenvalue weighted by molar-refractivity contribution is -0.135. The van der Waals surface area contributed by atoms with Crippen molar-refractivity contribution in [3.63, 3.8) is 0 Å². The van der Waals surface area contributed by atoms with E-state index in [9.17, 15) is 9.59 Å². The number of carbonyl (C=O) groups excluding carboxylic acids is 2. The molecule has 5 heteroatoms. The molecule has 1 saturated heterocycles. The van der Waals surface area contributed by atoms with Gasteiger partial charge in [-0.15, -0.1) is 0 Å². The van der Waals surface area contributed by atoms with Gasteiger partial charge in [0, 0.05) is 23.5 Å². The second-order valence-electron chi connectivity index (χ2n) is 7.94. The Hall–Kier alpha value is -2.43. The van der Waals surface area contributed by atoms with Crippen molar-refractivity contribution in [2.75, 3.05) is 11.4 Å². The number of fused-ring (bicyclic) bond motifs is 1. The van der Waals surface area contributed by atoms with Gasteiger partial charge in [0.05, 0.1) is 11.9 Å². The monoisotopic (exact) mass is 349 g/mol. The number of hydrogen-bond acceptors (Lipinski definition) is 3. The number of anilines is 1. The number of imide groups is 1. The Morgan fingerprint density at radius 2 is 1.88 bits per heavy atom. The average Bonchev–Trinajstić information content (AvgIpc) is 2.80. The highest BCUT2D eigenvalue weighted by Crippen LogP contribution is 2.55. The van der Waals surface area contributed by atoms with E-state index in [4.69, 9.17) is 0 Å². The van der Waals surface area contributed by atoms with Gasteiger partial charge in [-0.05, 0) is 31.6 Å². The Kier molecular flexibility index (Phi) is 3.36. The Morgan fingerprint density at radius 3 is 2.58 bits per heavy atom. The number of nitrogens with zero attached hydrogens (tertiary/aromatic N) is 3. The van der Waals surface area contributed by atoms with Crippen molar-refractivity contribution in [1.29, 1.82) is 0 Å². The van der Waals surface area contributed by atoms with Crippen LogP contribution in [0.4, 0.5) is 10.5 Å². The van der Waals surface area contributed by atoms with E-state index in [0.29, 0.717) is 18.2 Å². The maximum absolute atomic E-state index is 13.4. The van der Waals surface area contributed by atoms with E-state index in [1.54, 1.807) is 17.3 Å². The minimum Gasteiger partial charge on any atom is -0.309 e. The van der Waals surface area contributed by atoms with Crippen molar-refractivity contribution >= 4 is 28.4 Å². The number of amides is 3. The van der Waals surface area contributed by atoms with Gasteiger partial charge in [0.25, 0.3) is 5.91 Å². The van der Waals surface area contributed by atoms with Crippen molar-refractivity contribution in [3.05, 3.63) is 36.7 Å². The van der Waals surface area contributed by atoms with Crippen molar-refractivity contribution in [1.82, 2.24) is 9.88 Å². The van der Waals surface area contributed by atoms with Gasteiger partial charge in [0.1, 0.15) is 5.54 Å². The third-order valence-electron chi connectivity index (χ3n) is 6.76. The minimum atomic E-state index is -0.622. The summed E-state index contributed by atoms with van der Waals surface area (Å²) in [5, 5.41) is 1.84. The van der Waals surface area contributed by atoms with Gasteiger partial charge in [0.2, 0.25) is 0 Å². The lowest BCUT2D eigenvalue weighted by Crippen LogP contribution is -2.60. The van der Waals surface area contributed by atoms with E-state index in [1.807, 2.05) is 31.2 Å². The van der Waals surface area contributed by atoms with Gasteiger partial charge in [-0.25, -0.2) is 9.69 Å². The fraction of sp³-hybridized carbons (Fsp3) is 0.476. The molecule has 1 aromatic carbocycles. The first-order valence-electron chi connectivity index (χ1n) is 9.64. The second-order valence-corrected chi connectivity index (χ2v) is 7.94. The van der Waals surface area contributed by atoms with Gasteiger partial charge < -0.3 is 4.90 Å². The molecule has 3 fully saturated rings. The van der Waals surface area contributed by atoms with Gasteiger partial charge in [-0.3, -0.25) is 9.78 Å². The highest BCUT2D eigenvalue weighted by molar-refractivity contribution is 6.26. The first-order chi connectivity index (χ1) is 12.7. The number of urea groups is 1. The third kappa shape index (κ3) is 1.94. The zero-order valence-electron chi connectivity index (χ0n) is 15.0. The molecule has 1 spiro atoms. The number of hydrogen-bond donors (Lipinski definition) is 0. The number of pyridine rings is 1. The average molecular weight is 349 g/mol. The van der Waals surface area contributed by atoms with Crippen LogP contribution >= 0.6 is 0 Å². The van der Waals surface area contributed by atoms with E-state index in [1.165, 1.54) is 24.2 Å². The molecule has 26 heavy (non-hydrogen) atoms. The van der Waals surface area contributed by atoms with Crippen LogP contribution in [0, 0.1) is 11.8 Å². The number of aromatic nitrogens is 1. The number of carbonyl (C=O) groups is 2. The van der Waals surface area contributed by atoms with Crippen LogP contribution < -0.4 is 4.90 Å². The van der Waals surface area contributed by atoms with Crippen LogP contribution in [0.1, 0.15) is 39.0 Å². The summed E-state index contributed by atoms with van der Waals surface area (Å²) in [7, 11) is 0. The molecule has 0 bridgehead atoms. The molecule has 1 aliphatic heterocycles. The highest BCUT2D eigenvalue weighted by Gasteiger charge is 2.64. The van der Waals surface area contributed by atoms with Gasteiger partial charge in [-0.1, -0.05) is 43.5 Å². The normalized spacial score (nSPS) is 28.7. The maximum Gasteiger partial charge on any atom is 0.332 e. The van der Waals surface area contributed by atoms with Crippen molar-refractivity contribution in [2.24, 2.45) is 11.8 Å². The molecule has 0 unspecified atom stereocenters. The first kappa shape index (κ1) is 15.8. The zero-order chi connectivity index (χ0) is 17.9. The van der Waals surface area contributed by atoms with Crippen molar-refractivity contribution in [2.45, 2.75) is 44.6 Å². The largest absolute Gasteiger partial charge is 0.332 e. The smallest absolute Gasteiger partial charge is 0.309 e. The molecular weight excluding hydrogens is 326 g/mol. The SMILES string of the molecule is CCN1C(=O)N(c2cncc3ccccc23)C(=O)C12CC(C1CCC1)C2. The summed E-state index contributed by atoms with van der Waals surface area (Å²) >= 11 is 0. The molecule has 2 aliphatic carbocycles.